The van der Waals surface area contributed by atoms with Gasteiger partial charge in [-0.25, -0.2) is 10.0 Å². The fourth-order valence-electron chi connectivity index (χ4n) is 2.05. The second kappa shape index (κ2) is 4.70. The van der Waals surface area contributed by atoms with E-state index in [9.17, 15) is 0 Å². The van der Waals surface area contributed by atoms with E-state index in [0.29, 0.717) is 0 Å². The van der Waals surface area contributed by atoms with Crippen LogP contribution in [0.1, 0.15) is 11.1 Å². The minimum atomic E-state index is 1.02. The van der Waals surface area contributed by atoms with Crippen LogP contribution in [0, 0.1) is 0 Å². The van der Waals surface area contributed by atoms with Gasteiger partial charge in [-0.3, -0.25) is 0 Å². The molecule has 1 fully saturated rings. The predicted octanol–water partition coefficient (Wildman–Crippen LogP) is 2.88. The van der Waals surface area contributed by atoms with Gasteiger partial charge in [0.2, 0.25) is 0 Å². The summed E-state index contributed by atoms with van der Waals surface area (Å²) in [6.45, 7) is 3.12. The lowest BCUT2D eigenvalue weighted by molar-refractivity contribution is 0.293. The Labute approximate surface area is 102 Å². The molecule has 1 aliphatic heterocycles. The summed E-state index contributed by atoms with van der Waals surface area (Å²) in [6.07, 6.45) is 0. The summed E-state index contributed by atoms with van der Waals surface area (Å²) >= 11 is 0. The van der Waals surface area contributed by atoms with E-state index in [4.69, 9.17) is 0 Å². The Hall–Kier alpha value is -1.64. The fourth-order valence-corrected chi connectivity index (χ4v) is 2.05. The van der Waals surface area contributed by atoms with Crippen molar-refractivity contribution in [3.8, 4) is 0 Å². The Morgan fingerprint density at radius 3 is 1.47 bits per heavy atom. The van der Waals surface area contributed by atoms with Gasteiger partial charge in [-0.05, 0) is 11.1 Å². The molecule has 86 valence electrons. The van der Waals surface area contributed by atoms with Gasteiger partial charge in [0.05, 0.1) is 6.67 Å². The smallest absolute Gasteiger partial charge is 0.0795 e. The largest absolute Gasteiger partial charge is 0.220 e. The highest BCUT2D eigenvalue weighted by Gasteiger charge is 2.30. The van der Waals surface area contributed by atoms with E-state index in [1.54, 1.807) is 0 Å². The van der Waals surface area contributed by atoms with Crippen LogP contribution in [0.15, 0.2) is 60.7 Å². The van der Waals surface area contributed by atoms with Crippen LogP contribution in [0.2, 0.25) is 0 Å². The standard InChI is InChI=1S/C15H16N2/c1-3-7-14(8-4-1)11-16-13-17(16)12-15-9-5-2-6-10-15/h1-10H,11-13H2. The zero-order valence-corrected chi connectivity index (χ0v) is 9.79. The Morgan fingerprint density at radius 1 is 0.647 bits per heavy atom. The third-order valence-corrected chi connectivity index (χ3v) is 3.06. The van der Waals surface area contributed by atoms with Gasteiger partial charge in [-0.2, -0.15) is 0 Å². The number of rotatable bonds is 4. The zero-order chi connectivity index (χ0) is 11.5. The van der Waals surface area contributed by atoms with E-state index in [1.165, 1.54) is 11.1 Å². The zero-order valence-electron chi connectivity index (χ0n) is 9.79. The maximum atomic E-state index is 2.36. The van der Waals surface area contributed by atoms with Crippen LogP contribution in [-0.4, -0.2) is 16.7 Å². The summed E-state index contributed by atoms with van der Waals surface area (Å²) in [4.78, 5) is 0. The lowest BCUT2D eigenvalue weighted by atomic mass is 10.2. The van der Waals surface area contributed by atoms with Crippen molar-refractivity contribution in [1.82, 2.24) is 10.0 Å². The summed E-state index contributed by atoms with van der Waals surface area (Å²) < 4.78 is 0. The molecule has 1 aliphatic rings. The van der Waals surface area contributed by atoms with Crippen molar-refractivity contribution in [2.45, 2.75) is 13.1 Å². The highest BCUT2D eigenvalue weighted by molar-refractivity contribution is 5.16. The molecule has 1 heterocycles. The first-order valence-electron chi connectivity index (χ1n) is 5.99. The first-order chi connectivity index (χ1) is 8.42. The Bertz CT molecular complexity index is 421. The van der Waals surface area contributed by atoms with Crippen molar-refractivity contribution >= 4 is 0 Å². The van der Waals surface area contributed by atoms with E-state index in [1.807, 2.05) is 0 Å². The molecule has 2 aromatic rings. The molecule has 2 unspecified atom stereocenters. The topological polar surface area (TPSA) is 6.02 Å². The van der Waals surface area contributed by atoms with Gasteiger partial charge >= 0.3 is 0 Å². The minimum Gasteiger partial charge on any atom is -0.220 e. The summed E-state index contributed by atoms with van der Waals surface area (Å²) in [5.74, 6) is 0. The van der Waals surface area contributed by atoms with Crippen molar-refractivity contribution in [2.24, 2.45) is 0 Å². The maximum absolute atomic E-state index is 2.36. The molecule has 0 aliphatic carbocycles. The molecule has 0 spiro atoms. The van der Waals surface area contributed by atoms with E-state index >= 15 is 0 Å². The summed E-state index contributed by atoms with van der Waals surface area (Å²) in [5.41, 5.74) is 2.76. The molecule has 2 heteroatoms. The number of nitrogens with zero attached hydrogens (tertiary/aromatic N) is 2. The summed E-state index contributed by atoms with van der Waals surface area (Å²) in [5, 5.41) is 4.73. The van der Waals surface area contributed by atoms with E-state index in [-0.39, 0.29) is 0 Å². The first kappa shape index (κ1) is 10.5. The third-order valence-electron chi connectivity index (χ3n) is 3.06. The van der Waals surface area contributed by atoms with Gasteiger partial charge in [0.1, 0.15) is 0 Å². The molecule has 17 heavy (non-hydrogen) atoms. The number of benzene rings is 2. The van der Waals surface area contributed by atoms with Crippen LogP contribution in [0.4, 0.5) is 0 Å². The Morgan fingerprint density at radius 2 is 1.06 bits per heavy atom. The maximum Gasteiger partial charge on any atom is 0.0795 e. The quantitative estimate of drug-likeness (QED) is 0.736. The van der Waals surface area contributed by atoms with Gasteiger partial charge in [-0.15, -0.1) is 0 Å². The normalized spacial score (nSPS) is 22.4. The number of hydrazine groups is 1. The predicted molar refractivity (Wildman–Crippen MR) is 68.8 cm³/mol. The molecule has 2 atom stereocenters. The van der Waals surface area contributed by atoms with Crippen molar-refractivity contribution in [3.63, 3.8) is 0 Å². The van der Waals surface area contributed by atoms with Crippen LogP contribution in [0.5, 0.6) is 0 Å². The molecule has 0 saturated carbocycles. The summed E-state index contributed by atoms with van der Waals surface area (Å²) in [6, 6.07) is 21.2. The van der Waals surface area contributed by atoms with Gasteiger partial charge in [0.25, 0.3) is 0 Å². The van der Waals surface area contributed by atoms with E-state index in [2.05, 4.69) is 70.7 Å². The van der Waals surface area contributed by atoms with Crippen LogP contribution >= 0.6 is 0 Å². The van der Waals surface area contributed by atoms with Gasteiger partial charge in [-0.1, -0.05) is 60.7 Å². The van der Waals surface area contributed by atoms with Crippen LogP contribution < -0.4 is 0 Å². The molecule has 0 bridgehead atoms. The summed E-state index contributed by atoms with van der Waals surface area (Å²) in [7, 11) is 0. The van der Waals surface area contributed by atoms with Crippen LogP contribution in [0.25, 0.3) is 0 Å². The van der Waals surface area contributed by atoms with E-state index in [0.717, 1.165) is 19.8 Å². The van der Waals surface area contributed by atoms with Crippen LogP contribution in [0.3, 0.4) is 0 Å². The molecule has 2 aromatic carbocycles. The molecule has 3 rings (SSSR count). The average Bonchev–Trinajstić information content (AvgIpc) is 3.10. The van der Waals surface area contributed by atoms with Gasteiger partial charge in [0, 0.05) is 13.1 Å². The first-order valence-corrected chi connectivity index (χ1v) is 5.99. The molecular weight excluding hydrogens is 208 g/mol. The second-order valence-corrected chi connectivity index (χ2v) is 4.44. The molecular formula is C15H16N2. The van der Waals surface area contributed by atoms with E-state index < -0.39 is 0 Å². The molecule has 1 saturated heterocycles. The third kappa shape index (κ3) is 2.73. The highest BCUT2D eigenvalue weighted by Crippen LogP contribution is 2.21. The van der Waals surface area contributed by atoms with Crippen molar-refractivity contribution in [3.05, 3.63) is 71.8 Å². The van der Waals surface area contributed by atoms with Crippen molar-refractivity contribution < 1.29 is 0 Å². The molecule has 0 N–H and O–H groups in total. The van der Waals surface area contributed by atoms with Crippen LogP contribution in [-0.2, 0) is 13.1 Å². The molecule has 0 amide bonds. The lowest BCUT2D eigenvalue weighted by Crippen LogP contribution is -2.07. The SMILES string of the molecule is c1ccc(CN2CN2Cc2ccccc2)cc1. The minimum absolute atomic E-state index is 1.02. The number of hydrogen-bond donors (Lipinski definition) is 0. The fraction of sp³-hybridized carbons (Fsp3) is 0.200. The average molecular weight is 224 g/mol. The monoisotopic (exact) mass is 224 g/mol. The second-order valence-electron chi connectivity index (χ2n) is 4.44. The highest BCUT2D eigenvalue weighted by atomic mass is 15.8. The van der Waals surface area contributed by atoms with Crippen molar-refractivity contribution in [2.75, 3.05) is 6.67 Å². The Balaban J connectivity index is 1.54. The van der Waals surface area contributed by atoms with Gasteiger partial charge < -0.3 is 0 Å². The Kier molecular flexibility index (Phi) is 2.90. The molecule has 0 radical (unpaired) electrons. The number of hydrogen-bond acceptors (Lipinski definition) is 2. The lowest BCUT2D eigenvalue weighted by Gasteiger charge is -2.05. The van der Waals surface area contributed by atoms with Gasteiger partial charge in [0.15, 0.2) is 0 Å². The molecule has 2 nitrogen and oxygen atoms in total. The van der Waals surface area contributed by atoms with Crippen molar-refractivity contribution in [1.29, 1.82) is 0 Å². The molecule has 0 aromatic heterocycles.